The Labute approximate surface area is 142 Å². The first-order valence-electron chi connectivity index (χ1n) is 7.58. The molecule has 0 spiro atoms. The van der Waals surface area contributed by atoms with E-state index in [-0.39, 0.29) is 12.2 Å². The molecule has 1 amide bonds. The smallest absolute Gasteiger partial charge is 0.261 e. The number of nitrogens with one attached hydrogen (secondary N) is 1. The van der Waals surface area contributed by atoms with Crippen molar-refractivity contribution in [1.29, 1.82) is 0 Å². The van der Waals surface area contributed by atoms with Crippen molar-refractivity contribution in [3.05, 3.63) is 66.0 Å². The molecule has 8 heteroatoms. The molecule has 1 aliphatic heterocycles. The number of para-hydroxylation sites is 1. The number of ketones is 1. The molecule has 1 atom stereocenters. The quantitative estimate of drug-likeness (QED) is 0.690. The summed E-state index contributed by atoms with van der Waals surface area (Å²) in [4.78, 5) is 24.9. The predicted octanol–water partition coefficient (Wildman–Crippen LogP) is 1.07. The lowest BCUT2D eigenvalue weighted by Gasteiger charge is -2.20. The lowest BCUT2D eigenvalue weighted by molar-refractivity contribution is -0.133. The molecule has 124 valence electrons. The zero-order valence-electron chi connectivity index (χ0n) is 13.0. The maximum absolute atomic E-state index is 12.7. The third-order valence-electron chi connectivity index (χ3n) is 4.19. The number of rotatable bonds is 4. The van der Waals surface area contributed by atoms with Gasteiger partial charge in [-0.2, -0.15) is 0 Å². The van der Waals surface area contributed by atoms with Crippen molar-refractivity contribution in [2.24, 2.45) is 0 Å². The molecule has 8 nitrogen and oxygen atoms in total. The SMILES string of the molecule is O=C(C[C@]1(O)C(=O)Nc2ccccc21)c1cccc(-n2cnnn2)c1. The average Bonchev–Trinajstić information content (AvgIpc) is 3.24. The fourth-order valence-corrected chi connectivity index (χ4v) is 2.91. The largest absolute Gasteiger partial charge is 0.375 e. The van der Waals surface area contributed by atoms with Gasteiger partial charge in [-0.05, 0) is 28.6 Å². The molecule has 2 N–H and O–H groups in total. The Morgan fingerprint density at radius 1 is 1.20 bits per heavy atom. The van der Waals surface area contributed by atoms with Gasteiger partial charge in [0.1, 0.15) is 6.33 Å². The highest BCUT2D eigenvalue weighted by atomic mass is 16.3. The van der Waals surface area contributed by atoms with Crippen molar-refractivity contribution in [3.63, 3.8) is 0 Å². The molecule has 1 aliphatic rings. The Bertz CT molecular complexity index is 970. The molecule has 3 aromatic rings. The lowest BCUT2D eigenvalue weighted by Crippen LogP contribution is -2.36. The van der Waals surface area contributed by atoms with E-state index in [9.17, 15) is 14.7 Å². The van der Waals surface area contributed by atoms with E-state index in [0.29, 0.717) is 22.5 Å². The third kappa shape index (κ3) is 2.48. The van der Waals surface area contributed by atoms with Crippen molar-refractivity contribution in [2.45, 2.75) is 12.0 Å². The summed E-state index contributed by atoms with van der Waals surface area (Å²) < 4.78 is 1.42. The van der Waals surface area contributed by atoms with Crippen molar-refractivity contribution >= 4 is 17.4 Å². The first kappa shape index (κ1) is 15.2. The summed E-state index contributed by atoms with van der Waals surface area (Å²) in [5, 5.41) is 24.3. The number of amides is 1. The van der Waals surface area contributed by atoms with Crippen LogP contribution in [0.15, 0.2) is 54.9 Å². The van der Waals surface area contributed by atoms with E-state index in [1.54, 1.807) is 48.5 Å². The molecule has 0 bridgehead atoms. The number of aromatic nitrogens is 4. The Morgan fingerprint density at radius 3 is 2.84 bits per heavy atom. The fraction of sp³-hybridized carbons (Fsp3) is 0.118. The Morgan fingerprint density at radius 2 is 2.04 bits per heavy atom. The van der Waals surface area contributed by atoms with Crippen LogP contribution in [-0.2, 0) is 10.4 Å². The summed E-state index contributed by atoms with van der Waals surface area (Å²) in [6.45, 7) is 0. The van der Waals surface area contributed by atoms with Crippen LogP contribution in [0.25, 0.3) is 5.69 Å². The van der Waals surface area contributed by atoms with Crippen molar-refractivity contribution in [1.82, 2.24) is 20.2 Å². The van der Waals surface area contributed by atoms with E-state index in [1.807, 2.05) is 0 Å². The van der Waals surface area contributed by atoms with E-state index < -0.39 is 11.5 Å². The number of carbonyl (C=O) groups excluding carboxylic acids is 2. The molecular formula is C17H13N5O3. The van der Waals surface area contributed by atoms with Gasteiger partial charge in [0.2, 0.25) is 0 Å². The summed E-state index contributed by atoms with van der Waals surface area (Å²) in [6.07, 6.45) is 1.06. The first-order valence-corrected chi connectivity index (χ1v) is 7.58. The minimum atomic E-state index is -1.88. The molecular weight excluding hydrogens is 322 g/mol. The molecule has 0 saturated heterocycles. The van der Waals surface area contributed by atoms with Crippen LogP contribution in [0.4, 0.5) is 5.69 Å². The molecule has 0 fully saturated rings. The number of carbonyl (C=O) groups is 2. The normalized spacial score (nSPS) is 18.7. The van der Waals surface area contributed by atoms with Crippen LogP contribution in [0, 0.1) is 0 Å². The number of hydrogen-bond acceptors (Lipinski definition) is 6. The van der Waals surface area contributed by atoms with Crippen molar-refractivity contribution in [2.75, 3.05) is 5.32 Å². The average molecular weight is 335 g/mol. The summed E-state index contributed by atoms with van der Waals surface area (Å²) in [5.41, 5.74) is 0.0197. The minimum Gasteiger partial charge on any atom is -0.375 e. The van der Waals surface area contributed by atoms with Crippen LogP contribution >= 0.6 is 0 Å². The number of anilines is 1. The number of nitrogens with zero attached hydrogens (tertiary/aromatic N) is 4. The second-order valence-corrected chi connectivity index (χ2v) is 5.76. The number of hydrogen-bond donors (Lipinski definition) is 2. The monoisotopic (exact) mass is 335 g/mol. The summed E-state index contributed by atoms with van der Waals surface area (Å²) in [6, 6.07) is 13.5. The minimum absolute atomic E-state index is 0.352. The molecule has 0 unspecified atom stereocenters. The van der Waals surface area contributed by atoms with Crippen LogP contribution < -0.4 is 5.32 Å². The highest BCUT2D eigenvalue weighted by Gasteiger charge is 2.46. The zero-order valence-corrected chi connectivity index (χ0v) is 13.0. The standard InChI is InChI=1S/C17H13N5O3/c23-15(11-4-3-5-12(8-11)22-10-18-20-21-22)9-17(25)13-6-1-2-7-14(13)19-16(17)24/h1-8,10,25H,9H2,(H,19,24)/t17-/m1/s1. The lowest BCUT2D eigenvalue weighted by atomic mass is 9.88. The van der Waals surface area contributed by atoms with Crippen LogP contribution in [0.5, 0.6) is 0 Å². The Hall–Kier alpha value is -3.39. The van der Waals surface area contributed by atoms with Crippen LogP contribution in [0.1, 0.15) is 22.3 Å². The molecule has 4 rings (SSSR count). The summed E-state index contributed by atoms with van der Waals surface area (Å²) >= 11 is 0. The van der Waals surface area contributed by atoms with E-state index in [0.717, 1.165) is 0 Å². The van der Waals surface area contributed by atoms with Crippen LogP contribution in [0.2, 0.25) is 0 Å². The van der Waals surface area contributed by atoms with Gasteiger partial charge in [-0.1, -0.05) is 30.3 Å². The topological polar surface area (TPSA) is 110 Å². The van der Waals surface area contributed by atoms with Gasteiger partial charge in [0, 0.05) is 16.8 Å². The van der Waals surface area contributed by atoms with E-state index in [4.69, 9.17) is 0 Å². The molecule has 0 radical (unpaired) electrons. The maximum atomic E-state index is 12.7. The number of Topliss-reactive ketones (excluding diaryl/α,β-unsaturated/α-hetero) is 1. The second-order valence-electron chi connectivity index (χ2n) is 5.76. The van der Waals surface area contributed by atoms with Crippen LogP contribution in [-0.4, -0.2) is 37.0 Å². The van der Waals surface area contributed by atoms with E-state index in [2.05, 4.69) is 20.8 Å². The molecule has 2 heterocycles. The molecule has 0 saturated carbocycles. The summed E-state index contributed by atoms with van der Waals surface area (Å²) in [7, 11) is 0. The molecule has 1 aromatic heterocycles. The molecule has 2 aromatic carbocycles. The number of fused-ring (bicyclic) bond motifs is 1. The predicted molar refractivity (Wildman–Crippen MR) is 87.1 cm³/mol. The Balaban J connectivity index is 1.65. The van der Waals surface area contributed by atoms with Crippen molar-refractivity contribution in [3.8, 4) is 5.69 Å². The second kappa shape index (κ2) is 5.60. The molecule has 25 heavy (non-hydrogen) atoms. The van der Waals surface area contributed by atoms with Crippen molar-refractivity contribution < 1.29 is 14.7 Å². The fourth-order valence-electron chi connectivity index (χ4n) is 2.91. The zero-order chi connectivity index (χ0) is 17.4. The van der Waals surface area contributed by atoms with Gasteiger partial charge in [-0.3, -0.25) is 9.59 Å². The van der Waals surface area contributed by atoms with Gasteiger partial charge >= 0.3 is 0 Å². The first-order chi connectivity index (χ1) is 12.1. The number of benzene rings is 2. The highest BCUT2D eigenvalue weighted by molar-refractivity contribution is 6.09. The van der Waals surface area contributed by atoms with Gasteiger partial charge < -0.3 is 10.4 Å². The van der Waals surface area contributed by atoms with E-state index >= 15 is 0 Å². The van der Waals surface area contributed by atoms with Gasteiger partial charge in [0.25, 0.3) is 5.91 Å². The van der Waals surface area contributed by atoms with E-state index in [1.165, 1.54) is 11.0 Å². The van der Waals surface area contributed by atoms with Crippen LogP contribution in [0.3, 0.4) is 0 Å². The Kier molecular flexibility index (Phi) is 3.40. The van der Waals surface area contributed by atoms with Gasteiger partial charge in [0.15, 0.2) is 11.4 Å². The third-order valence-corrected chi connectivity index (χ3v) is 4.19. The maximum Gasteiger partial charge on any atom is 0.261 e. The summed E-state index contributed by atoms with van der Waals surface area (Å²) in [5.74, 6) is -0.956. The number of tetrazole rings is 1. The van der Waals surface area contributed by atoms with Gasteiger partial charge in [0.05, 0.1) is 12.1 Å². The highest BCUT2D eigenvalue weighted by Crippen LogP contribution is 2.38. The van der Waals surface area contributed by atoms with Gasteiger partial charge in [-0.25, -0.2) is 4.68 Å². The van der Waals surface area contributed by atoms with Gasteiger partial charge in [-0.15, -0.1) is 5.10 Å². The number of aliphatic hydroxyl groups is 1. The molecule has 0 aliphatic carbocycles.